The highest BCUT2D eigenvalue weighted by atomic mass is 16.1. The number of hydrogen-bond acceptors (Lipinski definition) is 2. The second kappa shape index (κ2) is 6.71. The Bertz CT molecular complexity index is 431. The summed E-state index contributed by atoms with van der Waals surface area (Å²) in [6.07, 6.45) is 5.04. The van der Waals surface area contributed by atoms with Gasteiger partial charge in [-0.25, -0.2) is 0 Å². The van der Waals surface area contributed by atoms with Crippen LogP contribution in [0.1, 0.15) is 36.8 Å². The average Bonchev–Trinajstić information content (AvgIpc) is 2.39. The van der Waals surface area contributed by atoms with Crippen molar-refractivity contribution in [3.8, 4) is 0 Å². The third-order valence-electron chi connectivity index (χ3n) is 4.02. The summed E-state index contributed by atoms with van der Waals surface area (Å²) in [6.45, 7) is 2.82. The van der Waals surface area contributed by atoms with Gasteiger partial charge in [-0.15, -0.1) is 0 Å². The number of nitrogens with two attached hydrogens (primary N) is 1. The Kier molecular flexibility index (Phi) is 4.97. The van der Waals surface area contributed by atoms with Crippen LogP contribution in [-0.2, 0) is 11.2 Å². The Hall–Kier alpha value is -1.35. The molecule has 2 atom stereocenters. The summed E-state index contributed by atoms with van der Waals surface area (Å²) in [5.74, 6) is 0.679. The van der Waals surface area contributed by atoms with Gasteiger partial charge in [-0.2, -0.15) is 0 Å². The van der Waals surface area contributed by atoms with E-state index in [-0.39, 0.29) is 5.91 Å². The smallest absolute Gasteiger partial charge is 0.224 e. The number of rotatable bonds is 4. The fourth-order valence-electron chi connectivity index (χ4n) is 2.82. The van der Waals surface area contributed by atoms with Gasteiger partial charge in [0.05, 0.1) is 6.42 Å². The number of carbonyl (C=O) groups is 1. The molecule has 0 saturated heterocycles. The van der Waals surface area contributed by atoms with Gasteiger partial charge in [-0.3, -0.25) is 4.79 Å². The van der Waals surface area contributed by atoms with Crippen LogP contribution in [0.3, 0.4) is 0 Å². The largest absolute Gasteiger partial charge is 0.356 e. The summed E-state index contributed by atoms with van der Waals surface area (Å²) in [5.41, 5.74) is 8.25. The van der Waals surface area contributed by atoms with E-state index in [2.05, 4.69) is 5.32 Å². The Morgan fingerprint density at radius 1 is 1.37 bits per heavy atom. The van der Waals surface area contributed by atoms with E-state index in [9.17, 15) is 4.79 Å². The Morgan fingerprint density at radius 3 is 2.89 bits per heavy atom. The molecule has 0 aromatic heterocycles. The normalized spacial score (nSPS) is 23.1. The molecule has 0 bridgehead atoms. The molecule has 1 aromatic carbocycles. The first-order valence-corrected chi connectivity index (χ1v) is 7.22. The number of carbonyl (C=O) groups excluding carboxylic acids is 1. The van der Waals surface area contributed by atoms with Crippen molar-refractivity contribution >= 4 is 5.91 Å². The summed E-state index contributed by atoms with van der Waals surface area (Å²) >= 11 is 0. The Labute approximate surface area is 115 Å². The molecule has 1 aromatic rings. The molecule has 1 aliphatic rings. The number of aryl methyl sites for hydroxylation is 1. The van der Waals surface area contributed by atoms with E-state index in [1.807, 2.05) is 31.2 Å². The fourth-order valence-corrected chi connectivity index (χ4v) is 2.82. The van der Waals surface area contributed by atoms with Crippen LogP contribution in [0.15, 0.2) is 24.3 Å². The minimum Gasteiger partial charge on any atom is -0.356 e. The van der Waals surface area contributed by atoms with Gasteiger partial charge in [-0.05, 0) is 43.2 Å². The highest BCUT2D eigenvalue weighted by Crippen LogP contribution is 2.22. The van der Waals surface area contributed by atoms with Gasteiger partial charge < -0.3 is 11.1 Å². The van der Waals surface area contributed by atoms with Crippen LogP contribution >= 0.6 is 0 Å². The lowest BCUT2D eigenvalue weighted by molar-refractivity contribution is -0.120. The van der Waals surface area contributed by atoms with Crippen molar-refractivity contribution in [2.45, 2.75) is 45.1 Å². The second-order valence-corrected chi connectivity index (χ2v) is 5.70. The van der Waals surface area contributed by atoms with E-state index in [4.69, 9.17) is 5.73 Å². The van der Waals surface area contributed by atoms with Gasteiger partial charge in [0.2, 0.25) is 5.91 Å². The third kappa shape index (κ3) is 4.35. The highest BCUT2D eigenvalue weighted by molar-refractivity contribution is 5.78. The van der Waals surface area contributed by atoms with Crippen LogP contribution in [-0.4, -0.2) is 18.5 Å². The SMILES string of the molecule is Cc1ccccc1CC(=O)NCC1CCCC(N)C1. The topological polar surface area (TPSA) is 55.1 Å². The highest BCUT2D eigenvalue weighted by Gasteiger charge is 2.19. The van der Waals surface area contributed by atoms with Crippen LogP contribution in [0.4, 0.5) is 0 Å². The predicted octanol–water partition coefficient (Wildman–Crippen LogP) is 2.17. The van der Waals surface area contributed by atoms with Gasteiger partial charge >= 0.3 is 0 Å². The molecular formula is C16H24N2O. The third-order valence-corrected chi connectivity index (χ3v) is 4.02. The van der Waals surface area contributed by atoms with E-state index in [1.165, 1.54) is 18.4 Å². The first kappa shape index (κ1) is 14.1. The number of amides is 1. The summed E-state index contributed by atoms with van der Waals surface area (Å²) < 4.78 is 0. The Morgan fingerprint density at radius 2 is 2.16 bits per heavy atom. The minimum atomic E-state index is 0.119. The zero-order chi connectivity index (χ0) is 13.7. The molecule has 3 heteroatoms. The van der Waals surface area contributed by atoms with Crippen LogP contribution < -0.4 is 11.1 Å². The van der Waals surface area contributed by atoms with E-state index in [0.717, 1.165) is 24.9 Å². The summed E-state index contributed by atoms with van der Waals surface area (Å²) in [7, 11) is 0. The van der Waals surface area contributed by atoms with E-state index >= 15 is 0 Å². The van der Waals surface area contributed by atoms with Crippen LogP contribution in [0, 0.1) is 12.8 Å². The number of nitrogens with one attached hydrogen (secondary N) is 1. The van der Waals surface area contributed by atoms with Gasteiger partial charge in [0, 0.05) is 12.6 Å². The van der Waals surface area contributed by atoms with E-state index in [0.29, 0.717) is 18.4 Å². The van der Waals surface area contributed by atoms with Gasteiger partial charge in [0.1, 0.15) is 0 Å². The number of hydrogen-bond donors (Lipinski definition) is 2. The van der Waals surface area contributed by atoms with Crippen molar-refractivity contribution in [2.24, 2.45) is 11.7 Å². The number of benzene rings is 1. The first-order chi connectivity index (χ1) is 9.15. The molecule has 1 amide bonds. The zero-order valence-corrected chi connectivity index (χ0v) is 11.7. The lowest BCUT2D eigenvalue weighted by Crippen LogP contribution is -2.36. The Balaban J connectivity index is 1.77. The van der Waals surface area contributed by atoms with Crippen molar-refractivity contribution in [3.05, 3.63) is 35.4 Å². The lowest BCUT2D eigenvalue weighted by Gasteiger charge is -2.26. The molecule has 104 valence electrons. The fraction of sp³-hybridized carbons (Fsp3) is 0.562. The monoisotopic (exact) mass is 260 g/mol. The molecule has 0 radical (unpaired) electrons. The maximum absolute atomic E-state index is 11.9. The molecule has 1 saturated carbocycles. The maximum atomic E-state index is 11.9. The summed E-state index contributed by atoms with van der Waals surface area (Å²) in [4.78, 5) is 11.9. The summed E-state index contributed by atoms with van der Waals surface area (Å²) in [6, 6.07) is 8.37. The average molecular weight is 260 g/mol. The molecule has 3 N–H and O–H groups in total. The predicted molar refractivity (Wildman–Crippen MR) is 77.8 cm³/mol. The molecule has 0 spiro atoms. The van der Waals surface area contributed by atoms with Gasteiger partial charge in [0.25, 0.3) is 0 Å². The van der Waals surface area contributed by atoms with Crippen LogP contribution in [0.2, 0.25) is 0 Å². The lowest BCUT2D eigenvalue weighted by atomic mass is 9.86. The minimum absolute atomic E-state index is 0.119. The zero-order valence-electron chi connectivity index (χ0n) is 11.7. The molecule has 2 unspecified atom stereocenters. The van der Waals surface area contributed by atoms with E-state index < -0.39 is 0 Å². The molecular weight excluding hydrogens is 236 g/mol. The van der Waals surface area contributed by atoms with Crippen LogP contribution in [0.25, 0.3) is 0 Å². The summed E-state index contributed by atoms with van der Waals surface area (Å²) in [5, 5.41) is 3.05. The first-order valence-electron chi connectivity index (χ1n) is 7.22. The maximum Gasteiger partial charge on any atom is 0.224 e. The molecule has 1 aliphatic carbocycles. The van der Waals surface area contributed by atoms with Crippen molar-refractivity contribution < 1.29 is 4.79 Å². The standard InChI is InChI=1S/C16H24N2O/c1-12-5-2-3-7-14(12)10-16(19)18-11-13-6-4-8-15(17)9-13/h2-3,5,7,13,15H,4,6,8-11,17H2,1H3,(H,18,19). The molecule has 0 aliphatic heterocycles. The van der Waals surface area contributed by atoms with E-state index in [1.54, 1.807) is 0 Å². The van der Waals surface area contributed by atoms with Crippen molar-refractivity contribution in [1.82, 2.24) is 5.32 Å². The molecule has 3 nitrogen and oxygen atoms in total. The van der Waals surface area contributed by atoms with Gasteiger partial charge in [-0.1, -0.05) is 30.7 Å². The van der Waals surface area contributed by atoms with Crippen molar-refractivity contribution in [1.29, 1.82) is 0 Å². The molecule has 1 fully saturated rings. The molecule has 2 rings (SSSR count). The molecule has 0 heterocycles. The van der Waals surface area contributed by atoms with Crippen molar-refractivity contribution in [3.63, 3.8) is 0 Å². The van der Waals surface area contributed by atoms with Gasteiger partial charge in [0.15, 0.2) is 0 Å². The van der Waals surface area contributed by atoms with Crippen molar-refractivity contribution in [2.75, 3.05) is 6.54 Å². The quantitative estimate of drug-likeness (QED) is 0.871. The van der Waals surface area contributed by atoms with Crippen LogP contribution in [0.5, 0.6) is 0 Å². The molecule has 19 heavy (non-hydrogen) atoms. The second-order valence-electron chi connectivity index (χ2n) is 5.70.